The zero-order valence-corrected chi connectivity index (χ0v) is 26.6. The van der Waals surface area contributed by atoms with Gasteiger partial charge in [-0.15, -0.1) is 11.3 Å². The van der Waals surface area contributed by atoms with E-state index in [1.54, 1.807) is 4.90 Å². The largest absolute Gasteiger partial charge is 0.489 e. The van der Waals surface area contributed by atoms with Gasteiger partial charge in [-0.3, -0.25) is 9.69 Å². The van der Waals surface area contributed by atoms with Crippen LogP contribution in [0, 0.1) is 23.0 Å². The van der Waals surface area contributed by atoms with Gasteiger partial charge in [0, 0.05) is 43.0 Å². The van der Waals surface area contributed by atoms with Gasteiger partial charge in [0.2, 0.25) is 6.41 Å². The highest BCUT2D eigenvalue weighted by Gasteiger charge is 2.49. The molecule has 4 aromatic rings. The van der Waals surface area contributed by atoms with Gasteiger partial charge < -0.3 is 25.0 Å². The number of carbonyl (C=O) groups is 1. The third-order valence-electron chi connectivity index (χ3n) is 10.0. The lowest BCUT2D eigenvalue weighted by Gasteiger charge is -2.31. The van der Waals surface area contributed by atoms with Crippen LogP contribution in [0.15, 0.2) is 12.1 Å². The van der Waals surface area contributed by atoms with Gasteiger partial charge in [0.1, 0.15) is 47.6 Å². The molecule has 244 valence electrons. The Bertz CT molecular complexity index is 2010. The third-order valence-corrected chi connectivity index (χ3v) is 11.4. The molecule has 8 rings (SSSR count). The van der Waals surface area contributed by atoms with Crippen LogP contribution in [0.2, 0.25) is 5.02 Å². The first-order valence-electron chi connectivity index (χ1n) is 15.5. The average molecular weight is 684 g/mol. The molecule has 3 atom stereocenters. The highest BCUT2D eigenvalue weighted by Crippen LogP contribution is 2.51. The normalized spacial score (nSPS) is 24.1. The number of fused-ring (bicyclic) bond motifs is 2. The number of rotatable bonds is 6. The Kier molecular flexibility index (Phi) is 7.27. The smallest absolute Gasteiger partial charge is 0.319 e. The second kappa shape index (κ2) is 11.3. The molecule has 0 spiro atoms. The fourth-order valence-electron chi connectivity index (χ4n) is 7.86. The molecule has 4 aliphatic heterocycles. The highest BCUT2D eigenvalue weighted by atomic mass is 35.5. The Morgan fingerprint density at radius 2 is 2.09 bits per heavy atom. The summed E-state index contributed by atoms with van der Waals surface area (Å²) in [7, 11) is 0. The van der Waals surface area contributed by atoms with Gasteiger partial charge in [0.05, 0.1) is 32.8 Å². The van der Waals surface area contributed by atoms with Crippen LogP contribution in [0.1, 0.15) is 31.2 Å². The molecule has 0 unspecified atom stereocenters. The van der Waals surface area contributed by atoms with Crippen LogP contribution in [-0.2, 0) is 4.79 Å². The molecule has 0 bridgehead atoms. The SMILES string of the molecule is N#Cc1c(N)sc2c(F)ccc(-c3c(Cl)c4c5c(nc(OC[C@@]67CCCN6C[C@H](F)C7)nc5c3F)N([C@@H]3CCN(C=O)C3)CCO4)c12. The second-order valence-corrected chi connectivity index (χ2v) is 14.0. The van der Waals surface area contributed by atoms with E-state index in [4.69, 9.17) is 31.8 Å². The minimum absolute atomic E-state index is 0.0180. The van der Waals surface area contributed by atoms with Crippen molar-refractivity contribution in [3.8, 4) is 29.0 Å². The number of anilines is 2. The number of hydrogen-bond donors (Lipinski definition) is 1. The number of carbonyl (C=O) groups excluding carboxylic acids is 1. The monoisotopic (exact) mass is 683 g/mol. The number of nitrogen functional groups attached to an aromatic ring is 1. The number of nitrogens with two attached hydrogens (primary N) is 1. The molecule has 2 aromatic heterocycles. The van der Waals surface area contributed by atoms with Crippen LogP contribution < -0.4 is 20.1 Å². The summed E-state index contributed by atoms with van der Waals surface area (Å²) in [6.45, 7) is 2.76. The molecule has 47 heavy (non-hydrogen) atoms. The van der Waals surface area contributed by atoms with E-state index in [1.807, 2.05) is 11.0 Å². The van der Waals surface area contributed by atoms with E-state index < -0.39 is 23.3 Å². The van der Waals surface area contributed by atoms with Gasteiger partial charge in [0.15, 0.2) is 11.6 Å². The number of nitrogens with zero attached hydrogens (tertiary/aromatic N) is 6. The van der Waals surface area contributed by atoms with E-state index >= 15 is 4.39 Å². The lowest BCUT2D eigenvalue weighted by Crippen LogP contribution is -2.43. The fourth-order valence-corrected chi connectivity index (χ4v) is 9.14. The van der Waals surface area contributed by atoms with E-state index in [2.05, 4.69) is 9.88 Å². The van der Waals surface area contributed by atoms with Crippen LogP contribution in [0.4, 0.5) is 24.0 Å². The Morgan fingerprint density at radius 3 is 2.87 bits per heavy atom. The van der Waals surface area contributed by atoms with Crippen LogP contribution in [0.5, 0.6) is 11.8 Å². The number of ether oxygens (including phenoxy) is 2. The Labute approximate surface area is 276 Å². The lowest BCUT2D eigenvalue weighted by atomic mass is 9.95. The van der Waals surface area contributed by atoms with Gasteiger partial charge in [-0.1, -0.05) is 17.7 Å². The van der Waals surface area contributed by atoms with E-state index in [0.29, 0.717) is 44.8 Å². The van der Waals surface area contributed by atoms with E-state index in [9.17, 15) is 18.8 Å². The zero-order valence-electron chi connectivity index (χ0n) is 25.1. The van der Waals surface area contributed by atoms with Crippen molar-refractivity contribution in [2.45, 2.75) is 43.4 Å². The number of aromatic nitrogens is 2. The number of benzene rings is 2. The van der Waals surface area contributed by atoms with Crippen molar-refractivity contribution in [3.63, 3.8) is 0 Å². The minimum Gasteiger partial charge on any atom is -0.489 e. The topological polar surface area (TPSA) is 121 Å². The minimum atomic E-state index is -0.960. The summed E-state index contributed by atoms with van der Waals surface area (Å²) in [4.78, 5) is 26.7. The first-order chi connectivity index (χ1) is 22.7. The number of likely N-dealkylation sites (tertiary alicyclic amines) is 1. The van der Waals surface area contributed by atoms with Crippen molar-refractivity contribution in [1.82, 2.24) is 19.8 Å². The number of halogens is 4. The Balaban J connectivity index is 1.33. The van der Waals surface area contributed by atoms with Gasteiger partial charge in [0.25, 0.3) is 0 Å². The molecular formula is C32H29ClF3N7O3S. The second-order valence-electron chi connectivity index (χ2n) is 12.6. The maximum atomic E-state index is 17.1. The predicted octanol–water partition coefficient (Wildman–Crippen LogP) is 5.28. The van der Waals surface area contributed by atoms with E-state index in [-0.39, 0.29) is 78.7 Å². The van der Waals surface area contributed by atoms with Crippen LogP contribution >= 0.6 is 22.9 Å². The molecule has 3 fully saturated rings. The first kappa shape index (κ1) is 30.3. The summed E-state index contributed by atoms with van der Waals surface area (Å²) in [5, 5.41) is 10.3. The number of amides is 1. The van der Waals surface area contributed by atoms with Gasteiger partial charge in [-0.05, 0) is 37.4 Å². The quantitative estimate of drug-likeness (QED) is 0.271. The third kappa shape index (κ3) is 4.65. The Hall–Kier alpha value is -4.06. The number of hydrogen-bond acceptors (Lipinski definition) is 10. The molecule has 0 saturated carbocycles. The van der Waals surface area contributed by atoms with Gasteiger partial charge >= 0.3 is 6.01 Å². The molecular weight excluding hydrogens is 655 g/mol. The molecule has 0 radical (unpaired) electrons. The maximum Gasteiger partial charge on any atom is 0.319 e. The predicted molar refractivity (Wildman–Crippen MR) is 172 cm³/mol. The van der Waals surface area contributed by atoms with Crippen LogP contribution in [-0.4, -0.2) is 89.9 Å². The molecule has 0 aliphatic carbocycles. The van der Waals surface area contributed by atoms with E-state index in [0.717, 1.165) is 37.1 Å². The molecule has 1 amide bonds. The van der Waals surface area contributed by atoms with Crippen molar-refractivity contribution >= 4 is 61.2 Å². The summed E-state index contributed by atoms with van der Waals surface area (Å²) in [6, 6.07) is 4.33. The molecule has 2 aromatic carbocycles. The summed E-state index contributed by atoms with van der Waals surface area (Å²) in [5.74, 6) is -0.947. The van der Waals surface area contributed by atoms with E-state index in [1.165, 1.54) is 12.1 Å². The zero-order chi connectivity index (χ0) is 32.6. The van der Waals surface area contributed by atoms with Crippen molar-refractivity contribution in [2.75, 3.05) is 56.6 Å². The molecule has 6 heterocycles. The molecule has 10 nitrogen and oxygen atoms in total. The highest BCUT2D eigenvalue weighted by molar-refractivity contribution is 7.23. The van der Waals surface area contributed by atoms with Crippen molar-refractivity contribution < 1.29 is 27.4 Å². The molecule has 4 aliphatic rings. The Morgan fingerprint density at radius 1 is 1.23 bits per heavy atom. The summed E-state index contributed by atoms with van der Waals surface area (Å²) in [5.41, 5.74) is 5.51. The van der Waals surface area contributed by atoms with Crippen molar-refractivity contribution in [2.24, 2.45) is 0 Å². The van der Waals surface area contributed by atoms with Gasteiger partial charge in [-0.25, -0.2) is 13.2 Å². The van der Waals surface area contributed by atoms with Crippen LogP contribution in [0.3, 0.4) is 0 Å². The lowest BCUT2D eigenvalue weighted by molar-refractivity contribution is -0.117. The van der Waals surface area contributed by atoms with Crippen LogP contribution in [0.25, 0.3) is 32.1 Å². The van der Waals surface area contributed by atoms with Gasteiger partial charge in [-0.2, -0.15) is 15.2 Å². The number of alkyl halides is 1. The molecule has 2 N–H and O–H groups in total. The summed E-state index contributed by atoms with van der Waals surface area (Å²) >= 11 is 7.89. The molecule has 15 heteroatoms. The van der Waals surface area contributed by atoms with Crippen molar-refractivity contribution in [1.29, 1.82) is 5.26 Å². The first-order valence-corrected chi connectivity index (χ1v) is 16.7. The molecule has 3 saturated heterocycles. The summed E-state index contributed by atoms with van der Waals surface area (Å²) in [6.07, 6.45) is 2.52. The van der Waals surface area contributed by atoms with Crippen molar-refractivity contribution in [3.05, 3.63) is 34.4 Å². The standard InChI is InChI=1S/C32H29ClF3N7O3S/c33-24-22(18-2-3-20(35)28-21(18)19(11-37)29(38)47-28)25(36)26-23-27(24)45-9-8-43(17-4-7-41(13-17)15-44)30(23)40-31(39-26)46-14-32-5-1-6-42(32)12-16(34)10-32/h2-3,15-17H,1,4-10,12-14,38H2/t16-,17-,32+/m1/s1. The maximum absolute atomic E-state index is 17.1. The fraction of sp³-hybridized carbons (Fsp3) is 0.438. The number of thiophene rings is 1. The summed E-state index contributed by atoms with van der Waals surface area (Å²) < 4.78 is 59.1. The number of nitriles is 1. The average Bonchev–Trinajstić information content (AvgIpc) is 3.80.